The SMILES string of the molecule is O=[C-]CCC(=O)[O-].[Na+].[Na+]. The van der Waals surface area contributed by atoms with E-state index in [0.717, 1.165) is 0 Å². The van der Waals surface area contributed by atoms with Crippen molar-refractivity contribution in [3.63, 3.8) is 0 Å². The van der Waals surface area contributed by atoms with Crippen molar-refractivity contribution in [1.82, 2.24) is 0 Å². The van der Waals surface area contributed by atoms with Crippen LogP contribution in [0.15, 0.2) is 0 Å². The van der Waals surface area contributed by atoms with Crippen molar-refractivity contribution < 1.29 is 73.8 Å². The molecular weight excluding hydrogens is 142 g/mol. The Morgan fingerprint density at radius 2 is 1.89 bits per heavy atom. The van der Waals surface area contributed by atoms with Gasteiger partial charge in [-0.05, 0) is 6.42 Å². The minimum atomic E-state index is -1.21. The monoisotopic (exact) mass is 146 g/mol. The Labute approximate surface area is 97.8 Å². The van der Waals surface area contributed by atoms with Gasteiger partial charge in [0.25, 0.3) is 0 Å². The molecule has 0 amide bonds. The summed E-state index contributed by atoms with van der Waals surface area (Å²) in [6.45, 7) is 0. The first-order valence-electron chi connectivity index (χ1n) is 1.82. The topological polar surface area (TPSA) is 57.2 Å². The molecule has 0 atom stereocenters. The molecule has 0 aromatic carbocycles. The maximum Gasteiger partial charge on any atom is 1.00 e. The number of carbonyl (C=O) groups is 1. The Morgan fingerprint density at radius 1 is 1.44 bits per heavy atom. The maximum atomic E-state index is 9.47. The first kappa shape index (κ1) is 16.6. The van der Waals surface area contributed by atoms with Gasteiger partial charge in [-0.3, -0.25) is 6.29 Å². The number of hydrogen-bond donors (Lipinski definition) is 0. The molecule has 0 aliphatic rings. The molecule has 0 radical (unpaired) electrons. The van der Waals surface area contributed by atoms with Gasteiger partial charge in [-0.1, -0.05) is 0 Å². The fourth-order valence-electron chi connectivity index (χ4n) is 0.153. The van der Waals surface area contributed by atoms with Crippen LogP contribution in [-0.2, 0) is 9.59 Å². The summed E-state index contributed by atoms with van der Waals surface area (Å²) in [5.74, 6) is -1.21. The molecule has 0 aromatic rings. The second kappa shape index (κ2) is 11.9. The molecule has 0 spiro atoms. The predicted molar refractivity (Wildman–Crippen MR) is 19.9 cm³/mol. The number of aliphatic carboxylic acids is 1. The van der Waals surface area contributed by atoms with E-state index in [-0.39, 0.29) is 72.0 Å². The number of carboxylic acid groups (broad SMARTS) is 1. The minimum Gasteiger partial charge on any atom is -0.550 e. The van der Waals surface area contributed by atoms with Gasteiger partial charge in [0.15, 0.2) is 0 Å². The Bertz CT molecular complexity index is 83.9. The molecule has 0 saturated carbocycles. The zero-order valence-corrected chi connectivity index (χ0v) is 9.64. The zero-order chi connectivity index (χ0) is 5.70. The fourth-order valence-corrected chi connectivity index (χ4v) is 0.153. The normalized spacial score (nSPS) is 6.22. The quantitative estimate of drug-likeness (QED) is 0.293. The summed E-state index contributed by atoms with van der Waals surface area (Å²) in [5, 5.41) is 9.47. The van der Waals surface area contributed by atoms with Crippen LogP contribution < -0.4 is 64.2 Å². The summed E-state index contributed by atoms with van der Waals surface area (Å²) < 4.78 is 0. The molecule has 40 valence electrons. The second-order valence-corrected chi connectivity index (χ2v) is 1.02. The fraction of sp³-hybridized carbons (Fsp3) is 0.500. The van der Waals surface area contributed by atoms with Gasteiger partial charge >= 0.3 is 59.1 Å². The molecule has 0 aliphatic heterocycles. The third-order valence-corrected chi connectivity index (χ3v) is 0.431. The van der Waals surface area contributed by atoms with Gasteiger partial charge in [0.1, 0.15) is 0 Å². The minimum absolute atomic E-state index is 0. The molecule has 9 heavy (non-hydrogen) atoms. The van der Waals surface area contributed by atoms with Crippen molar-refractivity contribution in [2.45, 2.75) is 12.8 Å². The number of rotatable bonds is 3. The maximum absolute atomic E-state index is 9.47. The Balaban J connectivity index is -0.000000180. The average Bonchev–Trinajstić information content (AvgIpc) is 1.61. The van der Waals surface area contributed by atoms with Gasteiger partial charge in [0.05, 0.1) is 0 Å². The standard InChI is InChI=1S/C4H5O3.2Na/c5-3-1-2-4(6)7;;/h1-2H2,(H,6,7);;/q-1;2*+1/p-1. The largest absolute Gasteiger partial charge is 1.00 e. The van der Waals surface area contributed by atoms with E-state index in [9.17, 15) is 14.7 Å². The third kappa shape index (κ3) is 17.6. The van der Waals surface area contributed by atoms with Crippen LogP contribution in [0.5, 0.6) is 0 Å². The molecule has 0 rings (SSSR count). The average molecular weight is 146 g/mol. The van der Waals surface area contributed by atoms with Crippen LogP contribution in [0.1, 0.15) is 12.8 Å². The molecule has 3 nitrogen and oxygen atoms in total. The van der Waals surface area contributed by atoms with E-state index in [2.05, 4.69) is 0 Å². The Morgan fingerprint density at radius 3 is 2.00 bits per heavy atom. The first-order chi connectivity index (χ1) is 3.27. The van der Waals surface area contributed by atoms with Crippen LogP contribution in [-0.4, -0.2) is 12.3 Å². The van der Waals surface area contributed by atoms with E-state index in [4.69, 9.17) is 0 Å². The van der Waals surface area contributed by atoms with Crippen molar-refractivity contribution >= 4 is 12.3 Å². The van der Waals surface area contributed by atoms with Gasteiger partial charge in [0, 0.05) is 5.97 Å². The smallest absolute Gasteiger partial charge is 0.550 e. The number of carbonyl (C=O) groups excluding carboxylic acids is 2. The van der Waals surface area contributed by atoms with Crippen molar-refractivity contribution in [2.75, 3.05) is 0 Å². The van der Waals surface area contributed by atoms with E-state index in [0.29, 0.717) is 0 Å². The molecule has 0 fully saturated rings. The summed E-state index contributed by atoms with van der Waals surface area (Å²) in [6, 6.07) is 0. The van der Waals surface area contributed by atoms with E-state index in [1.54, 1.807) is 0 Å². The first-order valence-corrected chi connectivity index (χ1v) is 1.82. The van der Waals surface area contributed by atoms with Crippen molar-refractivity contribution in [2.24, 2.45) is 0 Å². The van der Waals surface area contributed by atoms with E-state index < -0.39 is 5.97 Å². The molecule has 0 aromatic heterocycles. The summed E-state index contributed by atoms with van der Waals surface area (Å²) >= 11 is 0. The summed E-state index contributed by atoms with van der Waals surface area (Å²) in [5.41, 5.74) is 0. The van der Waals surface area contributed by atoms with Gasteiger partial charge in [-0.25, -0.2) is 0 Å². The molecule has 0 aliphatic carbocycles. The van der Waals surface area contributed by atoms with Crippen LogP contribution >= 0.6 is 0 Å². The molecule has 0 bridgehead atoms. The second-order valence-electron chi connectivity index (χ2n) is 1.02. The van der Waals surface area contributed by atoms with Crippen LogP contribution in [0.2, 0.25) is 0 Å². The summed E-state index contributed by atoms with van der Waals surface area (Å²) in [6.07, 6.45) is 1.14. The van der Waals surface area contributed by atoms with Crippen LogP contribution in [0.25, 0.3) is 0 Å². The molecule has 5 heteroatoms. The molecule has 0 saturated heterocycles. The van der Waals surface area contributed by atoms with Crippen LogP contribution in [0.4, 0.5) is 0 Å². The number of hydrogen-bond acceptors (Lipinski definition) is 3. The molecule has 0 N–H and O–H groups in total. The van der Waals surface area contributed by atoms with E-state index in [1.165, 1.54) is 6.29 Å². The van der Waals surface area contributed by atoms with Crippen LogP contribution in [0, 0.1) is 0 Å². The Hall–Kier alpha value is 1.14. The zero-order valence-electron chi connectivity index (χ0n) is 5.64. The van der Waals surface area contributed by atoms with Gasteiger partial charge in [0.2, 0.25) is 0 Å². The molecule has 0 unspecified atom stereocenters. The molecular formula is C4H4Na2O3. The van der Waals surface area contributed by atoms with E-state index >= 15 is 0 Å². The Kier molecular flexibility index (Phi) is 21.9. The van der Waals surface area contributed by atoms with E-state index in [1.807, 2.05) is 0 Å². The van der Waals surface area contributed by atoms with Crippen molar-refractivity contribution in [3.05, 3.63) is 0 Å². The van der Waals surface area contributed by atoms with Gasteiger partial charge in [-0.15, -0.1) is 6.42 Å². The van der Waals surface area contributed by atoms with Gasteiger partial charge in [-0.2, -0.15) is 0 Å². The van der Waals surface area contributed by atoms with Gasteiger partial charge < -0.3 is 14.7 Å². The molecule has 0 heterocycles. The summed E-state index contributed by atoms with van der Waals surface area (Å²) in [4.78, 5) is 18.8. The van der Waals surface area contributed by atoms with Crippen molar-refractivity contribution in [3.8, 4) is 0 Å². The van der Waals surface area contributed by atoms with Crippen molar-refractivity contribution in [1.29, 1.82) is 0 Å². The summed E-state index contributed by atoms with van der Waals surface area (Å²) in [7, 11) is 0. The number of carboxylic acids is 1. The predicted octanol–water partition coefficient (Wildman–Crippen LogP) is -7.37. The third-order valence-electron chi connectivity index (χ3n) is 0.431. The van der Waals surface area contributed by atoms with Crippen LogP contribution in [0.3, 0.4) is 0 Å².